The molecular weight excluding hydrogens is 332 g/mol. The average Bonchev–Trinajstić information content (AvgIpc) is 3.01. The lowest BCUT2D eigenvalue weighted by molar-refractivity contribution is 0.304. The van der Waals surface area contributed by atoms with Crippen LogP contribution in [0.5, 0.6) is 0 Å². The van der Waals surface area contributed by atoms with Gasteiger partial charge in [0.05, 0.1) is 11.4 Å². The van der Waals surface area contributed by atoms with Crippen molar-refractivity contribution < 1.29 is 0 Å². The van der Waals surface area contributed by atoms with E-state index in [9.17, 15) is 0 Å². The van der Waals surface area contributed by atoms with Crippen molar-refractivity contribution in [3.63, 3.8) is 0 Å². The van der Waals surface area contributed by atoms with Gasteiger partial charge in [0.1, 0.15) is 0 Å². The first-order chi connectivity index (χ1) is 13.2. The van der Waals surface area contributed by atoms with Gasteiger partial charge in [0.15, 0.2) is 0 Å². The van der Waals surface area contributed by atoms with E-state index in [1.165, 1.54) is 29.7 Å². The topological polar surface area (TPSA) is 41.9 Å². The zero-order valence-electron chi connectivity index (χ0n) is 16.2. The summed E-state index contributed by atoms with van der Waals surface area (Å²) in [5, 5.41) is 12.3. The summed E-state index contributed by atoms with van der Waals surface area (Å²) in [6.07, 6.45) is 2.40. The van der Waals surface area contributed by atoms with Crippen LogP contribution in [0.25, 0.3) is 5.69 Å². The molecule has 1 fully saturated rings. The van der Waals surface area contributed by atoms with Gasteiger partial charge in [-0.25, -0.2) is 4.68 Å². The molecule has 4 nitrogen and oxygen atoms in total. The molecule has 4 rings (SSSR count). The van der Waals surface area contributed by atoms with Crippen LogP contribution in [0.15, 0.2) is 60.7 Å². The normalized spacial score (nSPS) is 19.9. The average molecular weight is 361 g/mol. The first-order valence-corrected chi connectivity index (χ1v) is 9.86. The molecule has 1 aliphatic heterocycles. The molecule has 27 heavy (non-hydrogen) atoms. The van der Waals surface area contributed by atoms with E-state index in [4.69, 9.17) is 5.10 Å². The molecule has 2 atom stereocenters. The van der Waals surface area contributed by atoms with Gasteiger partial charge in [-0.15, -0.1) is 0 Å². The number of benzene rings is 2. The molecule has 2 N–H and O–H groups in total. The maximum absolute atomic E-state index is 4.78. The predicted molar refractivity (Wildman–Crippen MR) is 110 cm³/mol. The largest absolute Gasteiger partial charge is 0.309 e. The monoisotopic (exact) mass is 360 g/mol. The van der Waals surface area contributed by atoms with E-state index in [1.807, 2.05) is 6.07 Å². The summed E-state index contributed by atoms with van der Waals surface area (Å²) in [7, 11) is 0. The number of hydrogen-bond donors (Lipinski definition) is 2. The van der Waals surface area contributed by atoms with E-state index in [2.05, 4.69) is 83.8 Å². The van der Waals surface area contributed by atoms with Crippen LogP contribution in [-0.2, 0) is 6.54 Å². The van der Waals surface area contributed by atoms with Crippen molar-refractivity contribution in [3.05, 3.63) is 83.2 Å². The Morgan fingerprint density at radius 2 is 1.74 bits per heavy atom. The number of para-hydroxylation sites is 1. The maximum Gasteiger partial charge on any atom is 0.0648 e. The molecule has 0 radical (unpaired) electrons. The molecule has 2 aromatic carbocycles. The molecule has 0 bridgehead atoms. The van der Waals surface area contributed by atoms with Crippen LogP contribution in [0.2, 0.25) is 0 Å². The van der Waals surface area contributed by atoms with Crippen LogP contribution in [0.3, 0.4) is 0 Å². The molecule has 2 heterocycles. The van der Waals surface area contributed by atoms with E-state index >= 15 is 0 Å². The number of aryl methyl sites for hydroxylation is 1. The third-order valence-electron chi connectivity index (χ3n) is 5.60. The quantitative estimate of drug-likeness (QED) is 0.721. The maximum atomic E-state index is 4.78. The summed E-state index contributed by atoms with van der Waals surface area (Å²) >= 11 is 0. The van der Waals surface area contributed by atoms with E-state index < -0.39 is 0 Å². The smallest absolute Gasteiger partial charge is 0.0648 e. The van der Waals surface area contributed by atoms with E-state index in [-0.39, 0.29) is 0 Å². The molecule has 4 heteroatoms. The lowest BCUT2D eigenvalue weighted by Gasteiger charge is -2.34. The number of aromatic nitrogens is 2. The number of nitrogens with zero attached hydrogens (tertiary/aromatic N) is 2. The van der Waals surface area contributed by atoms with Gasteiger partial charge >= 0.3 is 0 Å². The van der Waals surface area contributed by atoms with Crippen molar-refractivity contribution in [2.45, 2.75) is 45.3 Å². The molecule has 3 aromatic rings. The fraction of sp³-hybridized carbons (Fsp3) is 0.348. The van der Waals surface area contributed by atoms with Crippen LogP contribution >= 0.6 is 0 Å². The molecule has 0 spiro atoms. The predicted octanol–water partition coefficient (Wildman–Crippen LogP) is 4.07. The van der Waals surface area contributed by atoms with Crippen molar-refractivity contribution in [3.8, 4) is 5.69 Å². The second-order valence-corrected chi connectivity index (χ2v) is 7.37. The molecule has 0 saturated carbocycles. The summed E-state index contributed by atoms with van der Waals surface area (Å²) in [6.45, 7) is 6.21. The number of nitrogens with one attached hydrogen (secondary N) is 2. The Balaban J connectivity index is 1.52. The lowest BCUT2D eigenvalue weighted by atomic mass is 9.92. The minimum Gasteiger partial charge on any atom is -0.309 e. The van der Waals surface area contributed by atoms with E-state index in [0.717, 1.165) is 24.5 Å². The summed E-state index contributed by atoms with van der Waals surface area (Å²) in [5.41, 5.74) is 6.10. The molecule has 140 valence electrons. The summed E-state index contributed by atoms with van der Waals surface area (Å²) in [6, 6.07) is 21.9. The molecule has 0 aliphatic carbocycles. The Morgan fingerprint density at radius 3 is 2.48 bits per heavy atom. The van der Waals surface area contributed by atoms with Gasteiger partial charge in [-0.05, 0) is 50.9 Å². The van der Waals surface area contributed by atoms with E-state index in [0.29, 0.717) is 12.1 Å². The van der Waals surface area contributed by atoms with Crippen molar-refractivity contribution in [1.82, 2.24) is 20.4 Å². The van der Waals surface area contributed by atoms with Crippen LogP contribution in [0.4, 0.5) is 0 Å². The van der Waals surface area contributed by atoms with Gasteiger partial charge in [-0.1, -0.05) is 48.5 Å². The third-order valence-corrected chi connectivity index (χ3v) is 5.60. The first kappa shape index (κ1) is 18.0. The highest BCUT2D eigenvalue weighted by atomic mass is 15.3. The zero-order valence-corrected chi connectivity index (χ0v) is 16.2. The number of rotatable bonds is 5. The Morgan fingerprint density at radius 1 is 1.04 bits per heavy atom. The molecule has 1 aromatic heterocycles. The van der Waals surface area contributed by atoms with Crippen molar-refractivity contribution >= 4 is 0 Å². The summed E-state index contributed by atoms with van der Waals surface area (Å²) in [4.78, 5) is 0. The highest BCUT2D eigenvalue weighted by Crippen LogP contribution is 2.25. The fourth-order valence-electron chi connectivity index (χ4n) is 4.10. The Kier molecular flexibility index (Phi) is 5.37. The lowest BCUT2D eigenvalue weighted by Crippen LogP contribution is -2.45. The number of hydrogen-bond acceptors (Lipinski definition) is 3. The first-order valence-electron chi connectivity index (χ1n) is 9.86. The highest BCUT2D eigenvalue weighted by Gasteiger charge is 2.26. The van der Waals surface area contributed by atoms with Gasteiger partial charge in [0, 0.05) is 29.9 Å². The van der Waals surface area contributed by atoms with Crippen LogP contribution in [-0.4, -0.2) is 22.4 Å². The van der Waals surface area contributed by atoms with Crippen molar-refractivity contribution in [2.24, 2.45) is 0 Å². The summed E-state index contributed by atoms with van der Waals surface area (Å²) in [5.74, 6) is 0. The molecule has 0 amide bonds. The Bertz CT molecular complexity index is 870. The van der Waals surface area contributed by atoms with Crippen molar-refractivity contribution in [2.75, 3.05) is 6.54 Å². The molecule has 2 unspecified atom stereocenters. The van der Waals surface area contributed by atoms with Gasteiger partial charge in [0.25, 0.3) is 0 Å². The van der Waals surface area contributed by atoms with Crippen LogP contribution in [0.1, 0.15) is 41.4 Å². The third kappa shape index (κ3) is 3.82. The van der Waals surface area contributed by atoms with E-state index in [1.54, 1.807) is 0 Å². The SMILES string of the molecule is Cc1nn(-c2ccccc2)c(C)c1CNC1CCCNC1c1ccccc1. The molecular formula is C23H28N4. The zero-order chi connectivity index (χ0) is 18.6. The fourth-order valence-corrected chi connectivity index (χ4v) is 4.10. The minimum absolute atomic E-state index is 0.365. The van der Waals surface area contributed by atoms with Crippen molar-refractivity contribution in [1.29, 1.82) is 0 Å². The van der Waals surface area contributed by atoms with Gasteiger partial charge in [0.2, 0.25) is 0 Å². The molecule has 1 aliphatic rings. The minimum atomic E-state index is 0.365. The second kappa shape index (κ2) is 8.07. The highest BCUT2D eigenvalue weighted by molar-refractivity contribution is 5.37. The standard InChI is InChI=1S/C23H28N4/c1-17-21(18(2)27(26-17)20-12-7-4-8-13-20)16-25-22-14-9-15-24-23(22)19-10-5-3-6-11-19/h3-8,10-13,22-25H,9,14-16H2,1-2H3. The Labute approximate surface area is 161 Å². The number of piperidine rings is 1. The van der Waals surface area contributed by atoms with Gasteiger partial charge < -0.3 is 10.6 Å². The summed E-state index contributed by atoms with van der Waals surface area (Å²) < 4.78 is 2.06. The van der Waals surface area contributed by atoms with Crippen LogP contribution < -0.4 is 10.6 Å². The Hall–Kier alpha value is -2.43. The van der Waals surface area contributed by atoms with Gasteiger partial charge in [-0.2, -0.15) is 5.10 Å². The van der Waals surface area contributed by atoms with Gasteiger partial charge in [-0.3, -0.25) is 0 Å². The second-order valence-electron chi connectivity index (χ2n) is 7.37. The molecule has 1 saturated heterocycles. The van der Waals surface area contributed by atoms with Crippen LogP contribution in [0, 0.1) is 13.8 Å².